The van der Waals surface area contributed by atoms with Gasteiger partial charge in [0, 0.05) is 32.4 Å². The van der Waals surface area contributed by atoms with E-state index in [1.807, 2.05) is 42.2 Å². The predicted octanol–water partition coefficient (Wildman–Crippen LogP) is 3.00. The van der Waals surface area contributed by atoms with Gasteiger partial charge in [-0.3, -0.25) is 9.69 Å². The summed E-state index contributed by atoms with van der Waals surface area (Å²) in [5.41, 5.74) is 1.72. The number of methoxy groups -OCH3 is 1. The second kappa shape index (κ2) is 7.93. The van der Waals surface area contributed by atoms with Gasteiger partial charge < -0.3 is 14.7 Å². The minimum atomic E-state index is -0.837. The fraction of sp³-hybridized carbons (Fsp3) is 0.368. The van der Waals surface area contributed by atoms with E-state index in [9.17, 15) is 9.90 Å². The van der Waals surface area contributed by atoms with Crippen LogP contribution in [0.2, 0.25) is 5.02 Å². The van der Waals surface area contributed by atoms with Crippen molar-refractivity contribution in [2.45, 2.75) is 13.0 Å². The molecule has 3 rings (SSSR count). The Morgan fingerprint density at radius 2 is 1.96 bits per heavy atom. The molecule has 1 aliphatic heterocycles. The molecule has 1 aromatic carbocycles. The molecule has 138 valence electrons. The number of carboxylic acids is 1. The highest BCUT2D eigenvalue weighted by Gasteiger charge is 2.31. The number of aliphatic carboxylic acids is 1. The zero-order chi connectivity index (χ0) is 18.7. The molecule has 0 saturated carbocycles. The number of rotatable bonds is 5. The van der Waals surface area contributed by atoms with Crippen LogP contribution in [0.15, 0.2) is 36.5 Å². The van der Waals surface area contributed by atoms with Crippen molar-refractivity contribution in [1.82, 2.24) is 9.88 Å². The standard InChI is InChI=1S/C19H22ClN3O3/c1-13-11-15(26-2)4-5-16(13)18(19(24)25)23-9-7-22(8-10-23)17-6-3-14(20)12-21-17/h3-6,11-12,18H,7-10H2,1-2H3,(H,24,25). The second-order valence-electron chi connectivity index (χ2n) is 6.32. The lowest BCUT2D eigenvalue weighted by atomic mass is 9.99. The molecule has 1 N–H and O–H groups in total. The smallest absolute Gasteiger partial charge is 0.325 e. The molecular formula is C19H22ClN3O3. The maximum atomic E-state index is 12.0. The minimum Gasteiger partial charge on any atom is -0.497 e. The first-order valence-electron chi connectivity index (χ1n) is 8.47. The van der Waals surface area contributed by atoms with Crippen LogP contribution in [0.25, 0.3) is 0 Å². The molecule has 0 spiro atoms. The Bertz CT molecular complexity index is 774. The van der Waals surface area contributed by atoms with E-state index in [0.717, 1.165) is 22.7 Å². The molecule has 1 atom stereocenters. The number of carboxylic acid groups (broad SMARTS) is 1. The summed E-state index contributed by atoms with van der Waals surface area (Å²) in [4.78, 5) is 20.5. The third kappa shape index (κ3) is 3.92. The number of piperazine rings is 1. The summed E-state index contributed by atoms with van der Waals surface area (Å²) in [5, 5.41) is 10.4. The zero-order valence-electron chi connectivity index (χ0n) is 14.9. The fourth-order valence-electron chi connectivity index (χ4n) is 3.33. The zero-order valence-corrected chi connectivity index (χ0v) is 15.6. The molecule has 26 heavy (non-hydrogen) atoms. The second-order valence-corrected chi connectivity index (χ2v) is 6.76. The first-order valence-corrected chi connectivity index (χ1v) is 8.85. The molecular weight excluding hydrogens is 354 g/mol. The van der Waals surface area contributed by atoms with Gasteiger partial charge in [-0.2, -0.15) is 0 Å². The molecule has 0 amide bonds. The molecule has 1 unspecified atom stereocenters. The number of hydrogen-bond donors (Lipinski definition) is 1. The van der Waals surface area contributed by atoms with E-state index < -0.39 is 12.0 Å². The van der Waals surface area contributed by atoms with Crippen molar-refractivity contribution >= 4 is 23.4 Å². The van der Waals surface area contributed by atoms with Crippen LogP contribution in [0, 0.1) is 6.92 Å². The average Bonchev–Trinajstić information content (AvgIpc) is 2.64. The number of hydrogen-bond acceptors (Lipinski definition) is 5. The lowest BCUT2D eigenvalue weighted by Crippen LogP contribution is -2.49. The van der Waals surface area contributed by atoms with Crippen molar-refractivity contribution < 1.29 is 14.6 Å². The normalized spacial score (nSPS) is 16.3. The van der Waals surface area contributed by atoms with Gasteiger partial charge in [-0.1, -0.05) is 17.7 Å². The number of pyridine rings is 1. The van der Waals surface area contributed by atoms with E-state index in [-0.39, 0.29) is 0 Å². The van der Waals surface area contributed by atoms with Gasteiger partial charge in [-0.05, 0) is 42.3 Å². The summed E-state index contributed by atoms with van der Waals surface area (Å²) in [7, 11) is 1.60. The van der Waals surface area contributed by atoms with Crippen molar-refractivity contribution in [1.29, 1.82) is 0 Å². The molecule has 1 aliphatic rings. The lowest BCUT2D eigenvalue weighted by Gasteiger charge is -2.38. The number of aryl methyl sites for hydroxylation is 1. The Kier molecular flexibility index (Phi) is 5.64. The Morgan fingerprint density at radius 3 is 2.50 bits per heavy atom. The lowest BCUT2D eigenvalue weighted by molar-refractivity contribution is -0.143. The first-order chi connectivity index (χ1) is 12.5. The van der Waals surface area contributed by atoms with Crippen LogP contribution >= 0.6 is 11.6 Å². The van der Waals surface area contributed by atoms with Crippen molar-refractivity contribution in [3.63, 3.8) is 0 Å². The van der Waals surface area contributed by atoms with Gasteiger partial charge in [0.1, 0.15) is 17.6 Å². The SMILES string of the molecule is COc1ccc(C(C(=O)O)N2CCN(c3ccc(Cl)cn3)CC2)c(C)c1. The van der Waals surface area contributed by atoms with Crippen LogP contribution in [0.3, 0.4) is 0 Å². The molecule has 2 heterocycles. The largest absolute Gasteiger partial charge is 0.497 e. The van der Waals surface area contributed by atoms with Gasteiger partial charge in [-0.15, -0.1) is 0 Å². The van der Waals surface area contributed by atoms with Crippen LogP contribution in [0.5, 0.6) is 5.75 Å². The number of nitrogens with zero attached hydrogens (tertiary/aromatic N) is 3. The Balaban J connectivity index is 1.75. The molecule has 1 aromatic heterocycles. The van der Waals surface area contributed by atoms with Crippen molar-refractivity contribution in [3.8, 4) is 5.75 Å². The number of aromatic nitrogens is 1. The average molecular weight is 376 g/mol. The maximum Gasteiger partial charge on any atom is 0.325 e. The first kappa shape index (κ1) is 18.5. The number of ether oxygens (including phenoxy) is 1. The molecule has 1 fully saturated rings. The Hall–Kier alpha value is -2.31. The van der Waals surface area contributed by atoms with Crippen LogP contribution in [0.4, 0.5) is 5.82 Å². The molecule has 7 heteroatoms. The topological polar surface area (TPSA) is 65.9 Å². The van der Waals surface area contributed by atoms with E-state index in [0.29, 0.717) is 31.2 Å². The summed E-state index contributed by atoms with van der Waals surface area (Å²) in [6.45, 7) is 4.64. The van der Waals surface area contributed by atoms with Gasteiger partial charge in [0.2, 0.25) is 0 Å². The summed E-state index contributed by atoms with van der Waals surface area (Å²) < 4.78 is 5.22. The Labute approximate surface area is 158 Å². The third-order valence-electron chi connectivity index (χ3n) is 4.72. The van der Waals surface area contributed by atoms with Crippen LogP contribution < -0.4 is 9.64 Å². The molecule has 2 aromatic rings. The minimum absolute atomic E-state index is 0.605. The number of carbonyl (C=O) groups is 1. The van der Waals surface area contributed by atoms with Crippen molar-refractivity contribution in [2.75, 3.05) is 38.2 Å². The summed E-state index contributed by atoms with van der Waals surface area (Å²) in [6.07, 6.45) is 1.63. The quantitative estimate of drug-likeness (QED) is 0.866. The van der Waals surface area contributed by atoms with Gasteiger partial charge in [-0.25, -0.2) is 4.98 Å². The molecule has 0 aliphatic carbocycles. The maximum absolute atomic E-state index is 12.0. The molecule has 1 saturated heterocycles. The van der Waals surface area contributed by atoms with E-state index in [1.165, 1.54) is 0 Å². The monoisotopic (exact) mass is 375 g/mol. The van der Waals surface area contributed by atoms with Gasteiger partial charge >= 0.3 is 5.97 Å². The van der Waals surface area contributed by atoms with E-state index in [2.05, 4.69) is 9.88 Å². The van der Waals surface area contributed by atoms with Gasteiger partial charge in [0.05, 0.1) is 12.1 Å². The summed E-state index contributed by atoms with van der Waals surface area (Å²) >= 11 is 5.89. The van der Waals surface area contributed by atoms with Gasteiger partial charge in [0.15, 0.2) is 0 Å². The highest BCUT2D eigenvalue weighted by molar-refractivity contribution is 6.30. The number of benzene rings is 1. The number of halogens is 1. The molecule has 0 bridgehead atoms. The molecule has 0 radical (unpaired) electrons. The van der Waals surface area contributed by atoms with Crippen molar-refractivity contribution in [3.05, 3.63) is 52.7 Å². The highest BCUT2D eigenvalue weighted by atomic mass is 35.5. The summed E-state index contributed by atoms with van der Waals surface area (Å²) in [6, 6.07) is 8.57. The third-order valence-corrected chi connectivity index (χ3v) is 4.94. The predicted molar refractivity (Wildman–Crippen MR) is 101 cm³/mol. The van der Waals surface area contributed by atoms with E-state index >= 15 is 0 Å². The fourth-order valence-corrected chi connectivity index (χ4v) is 3.44. The van der Waals surface area contributed by atoms with E-state index in [4.69, 9.17) is 16.3 Å². The van der Waals surface area contributed by atoms with Crippen LogP contribution in [0.1, 0.15) is 17.2 Å². The summed E-state index contributed by atoms with van der Waals surface area (Å²) in [5.74, 6) is 0.756. The van der Waals surface area contributed by atoms with Crippen LogP contribution in [-0.2, 0) is 4.79 Å². The number of anilines is 1. The van der Waals surface area contributed by atoms with Crippen molar-refractivity contribution in [2.24, 2.45) is 0 Å². The van der Waals surface area contributed by atoms with E-state index in [1.54, 1.807) is 13.3 Å². The highest BCUT2D eigenvalue weighted by Crippen LogP contribution is 2.29. The van der Waals surface area contributed by atoms with Crippen LogP contribution in [-0.4, -0.2) is 54.2 Å². The molecule has 6 nitrogen and oxygen atoms in total. The van der Waals surface area contributed by atoms with Gasteiger partial charge in [0.25, 0.3) is 0 Å². The Morgan fingerprint density at radius 1 is 1.23 bits per heavy atom.